The lowest BCUT2D eigenvalue weighted by Gasteiger charge is -2.35. The zero-order valence-corrected chi connectivity index (χ0v) is 17.1. The summed E-state index contributed by atoms with van der Waals surface area (Å²) < 4.78 is 0. The van der Waals surface area contributed by atoms with Crippen LogP contribution in [0.15, 0.2) is 48.5 Å². The highest BCUT2D eigenvalue weighted by atomic mass is 14.4. The molecule has 4 rings (SSSR count). The number of aryl methyl sites for hydroxylation is 2. The molecule has 0 unspecified atom stereocenters. The van der Waals surface area contributed by atoms with E-state index in [1.807, 2.05) is 27.7 Å². The average Bonchev–Trinajstić information content (AvgIpc) is 2.65. The minimum atomic E-state index is 0.0572. The lowest BCUT2D eigenvalue weighted by atomic mass is 9.68. The first kappa shape index (κ1) is 19.2. The third kappa shape index (κ3) is 2.99. The molecule has 132 valence electrons. The van der Waals surface area contributed by atoms with Crippen molar-refractivity contribution in [2.45, 2.75) is 60.8 Å². The summed E-state index contributed by atoms with van der Waals surface area (Å²) in [5.41, 5.74) is 8.45. The number of fused-ring (bicyclic) bond motifs is 2. The second-order valence-electron chi connectivity index (χ2n) is 6.83. The molecule has 25 heavy (non-hydrogen) atoms. The summed E-state index contributed by atoms with van der Waals surface area (Å²) in [4.78, 5) is 0. The van der Waals surface area contributed by atoms with Crippen LogP contribution >= 0.6 is 0 Å². The Morgan fingerprint density at radius 1 is 0.680 bits per heavy atom. The Kier molecular flexibility index (Phi) is 5.72. The first-order valence-electron chi connectivity index (χ1n) is 9.64. The van der Waals surface area contributed by atoms with Crippen LogP contribution < -0.4 is 0 Å². The molecule has 3 aromatic carbocycles. The van der Waals surface area contributed by atoms with Gasteiger partial charge in [0.1, 0.15) is 0 Å². The molecule has 1 aliphatic carbocycles. The topological polar surface area (TPSA) is 0 Å². The van der Waals surface area contributed by atoms with Gasteiger partial charge in [0, 0.05) is 5.41 Å². The number of rotatable bonds is 0. The van der Waals surface area contributed by atoms with Crippen molar-refractivity contribution >= 4 is 10.8 Å². The maximum absolute atomic E-state index is 2.36. The van der Waals surface area contributed by atoms with Crippen LogP contribution in [0.25, 0.3) is 21.9 Å². The predicted molar refractivity (Wildman–Crippen MR) is 114 cm³/mol. The Labute approximate surface area is 153 Å². The fraction of sp³-hybridized carbons (Fsp3) is 0.360. The lowest BCUT2D eigenvalue weighted by Crippen LogP contribution is -2.23. The Bertz CT molecular complexity index is 882. The molecule has 0 aromatic heterocycles. The highest BCUT2D eigenvalue weighted by Crippen LogP contribution is 2.49. The van der Waals surface area contributed by atoms with E-state index in [0.29, 0.717) is 0 Å². The summed E-state index contributed by atoms with van der Waals surface area (Å²) in [5.74, 6) is 0. The fourth-order valence-electron chi connectivity index (χ4n) is 3.85. The average molecular weight is 333 g/mol. The third-order valence-electron chi connectivity index (χ3n) is 5.07. The van der Waals surface area contributed by atoms with Crippen LogP contribution in [0.4, 0.5) is 0 Å². The third-order valence-corrected chi connectivity index (χ3v) is 5.07. The first-order valence-corrected chi connectivity index (χ1v) is 9.64. The molecule has 0 atom stereocenters. The maximum atomic E-state index is 2.36. The van der Waals surface area contributed by atoms with E-state index in [1.165, 1.54) is 44.2 Å². The van der Waals surface area contributed by atoms with E-state index in [4.69, 9.17) is 0 Å². The summed E-state index contributed by atoms with van der Waals surface area (Å²) in [6, 6.07) is 18.2. The zero-order valence-electron chi connectivity index (χ0n) is 17.1. The molecule has 0 saturated carbocycles. The van der Waals surface area contributed by atoms with E-state index in [2.05, 4.69) is 76.2 Å². The minimum absolute atomic E-state index is 0.0572. The Hall–Kier alpha value is -2.08. The van der Waals surface area contributed by atoms with E-state index < -0.39 is 0 Å². The van der Waals surface area contributed by atoms with Crippen LogP contribution in [-0.4, -0.2) is 0 Å². The van der Waals surface area contributed by atoms with Crippen molar-refractivity contribution in [3.8, 4) is 11.1 Å². The van der Waals surface area contributed by atoms with Crippen molar-refractivity contribution in [2.24, 2.45) is 0 Å². The molecule has 0 spiro atoms. The monoisotopic (exact) mass is 332 g/mol. The molecule has 0 heteroatoms. The molecule has 0 nitrogen and oxygen atoms in total. The van der Waals surface area contributed by atoms with Gasteiger partial charge >= 0.3 is 0 Å². The molecule has 0 bridgehead atoms. The number of benzene rings is 3. The summed E-state index contributed by atoms with van der Waals surface area (Å²) in [5, 5.41) is 2.84. The van der Waals surface area contributed by atoms with Gasteiger partial charge in [-0.15, -0.1) is 0 Å². The molecule has 3 aromatic rings. The summed E-state index contributed by atoms with van der Waals surface area (Å²) in [6.07, 6.45) is 0. The fourth-order valence-corrected chi connectivity index (χ4v) is 3.85. The molecule has 0 amide bonds. The van der Waals surface area contributed by atoms with Gasteiger partial charge in [0.25, 0.3) is 0 Å². The van der Waals surface area contributed by atoms with E-state index in [-0.39, 0.29) is 5.41 Å². The standard InChI is InChI=1S/C21H20.2C2H6/c1-13-8-10-16-17-11-9-14(2)15-6-5-7-18(20(15)17)21(3,4)19(16)12-13;2*1-2/h5-12H,1-4H3;2*1-2H3. The van der Waals surface area contributed by atoms with Crippen molar-refractivity contribution in [1.82, 2.24) is 0 Å². The number of hydrogen-bond acceptors (Lipinski definition) is 0. The molecule has 0 fully saturated rings. The Balaban J connectivity index is 0.000000528. The minimum Gasteiger partial charge on any atom is -0.0683 e. The van der Waals surface area contributed by atoms with Gasteiger partial charge in [-0.1, -0.05) is 95.6 Å². The second kappa shape index (κ2) is 7.44. The zero-order chi connectivity index (χ0) is 18.8. The molecular formula is C25H32. The van der Waals surface area contributed by atoms with Crippen LogP contribution in [0, 0.1) is 13.8 Å². The molecule has 1 aliphatic rings. The van der Waals surface area contributed by atoms with E-state index >= 15 is 0 Å². The van der Waals surface area contributed by atoms with Crippen LogP contribution in [-0.2, 0) is 5.41 Å². The van der Waals surface area contributed by atoms with Crippen molar-refractivity contribution in [3.05, 3.63) is 70.8 Å². The van der Waals surface area contributed by atoms with Gasteiger partial charge in [0.05, 0.1) is 0 Å². The van der Waals surface area contributed by atoms with Gasteiger partial charge in [0.15, 0.2) is 0 Å². The molecule has 0 heterocycles. The summed E-state index contributed by atoms with van der Waals surface area (Å²) in [6.45, 7) is 17.1. The SMILES string of the molecule is CC.CC.Cc1ccc2c(c1)C(C)(C)c1cccc3c(C)ccc-2c13. The van der Waals surface area contributed by atoms with Crippen molar-refractivity contribution in [1.29, 1.82) is 0 Å². The van der Waals surface area contributed by atoms with Gasteiger partial charge in [0.2, 0.25) is 0 Å². The van der Waals surface area contributed by atoms with Gasteiger partial charge in [-0.25, -0.2) is 0 Å². The molecule has 0 N–H and O–H groups in total. The molecule has 0 aliphatic heterocycles. The quantitative estimate of drug-likeness (QED) is 0.393. The molecular weight excluding hydrogens is 300 g/mol. The maximum Gasteiger partial charge on any atom is 0.0159 e. The van der Waals surface area contributed by atoms with Crippen LogP contribution in [0.2, 0.25) is 0 Å². The smallest absolute Gasteiger partial charge is 0.0159 e. The van der Waals surface area contributed by atoms with Crippen LogP contribution in [0.3, 0.4) is 0 Å². The van der Waals surface area contributed by atoms with E-state index in [9.17, 15) is 0 Å². The largest absolute Gasteiger partial charge is 0.0683 e. The van der Waals surface area contributed by atoms with Gasteiger partial charge in [-0.05, 0) is 52.4 Å². The predicted octanol–water partition coefficient (Wildman–Crippen LogP) is 7.82. The van der Waals surface area contributed by atoms with Crippen LogP contribution in [0.5, 0.6) is 0 Å². The highest BCUT2D eigenvalue weighted by Gasteiger charge is 2.33. The second-order valence-corrected chi connectivity index (χ2v) is 6.83. The summed E-state index contributed by atoms with van der Waals surface area (Å²) in [7, 11) is 0. The molecule has 0 saturated heterocycles. The lowest BCUT2D eigenvalue weighted by molar-refractivity contribution is 0.644. The van der Waals surface area contributed by atoms with Crippen molar-refractivity contribution < 1.29 is 0 Å². The van der Waals surface area contributed by atoms with E-state index in [1.54, 1.807) is 0 Å². The van der Waals surface area contributed by atoms with E-state index in [0.717, 1.165) is 0 Å². The van der Waals surface area contributed by atoms with Gasteiger partial charge < -0.3 is 0 Å². The Morgan fingerprint density at radius 2 is 1.32 bits per heavy atom. The first-order chi connectivity index (χ1) is 12.0. The van der Waals surface area contributed by atoms with Crippen molar-refractivity contribution in [2.75, 3.05) is 0 Å². The number of hydrogen-bond donors (Lipinski definition) is 0. The van der Waals surface area contributed by atoms with Gasteiger partial charge in [-0.2, -0.15) is 0 Å². The normalized spacial score (nSPS) is 13.1. The van der Waals surface area contributed by atoms with Gasteiger partial charge in [-0.3, -0.25) is 0 Å². The van der Waals surface area contributed by atoms with Crippen LogP contribution in [0.1, 0.15) is 63.8 Å². The Morgan fingerprint density at radius 3 is 2.00 bits per heavy atom. The highest BCUT2D eigenvalue weighted by molar-refractivity contribution is 6.04. The molecule has 0 radical (unpaired) electrons. The summed E-state index contributed by atoms with van der Waals surface area (Å²) >= 11 is 0. The van der Waals surface area contributed by atoms with Crippen molar-refractivity contribution in [3.63, 3.8) is 0 Å².